The first kappa shape index (κ1) is 13.9. The Balaban J connectivity index is 1.83. The second kappa shape index (κ2) is 5.49. The van der Waals surface area contributed by atoms with Gasteiger partial charge in [0, 0.05) is 5.46 Å². The Morgan fingerprint density at radius 3 is 2.48 bits per heavy atom. The monoisotopic (exact) mass is 302 g/mol. The van der Waals surface area contributed by atoms with Crippen molar-refractivity contribution >= 4 is 17.8 Å². The van der Waals surface area contributed by atoms with Gasteiger partial charge in [0.2, 0.25) is 0 Å². The molecule has 1 N–H and O–H groups in total. The molecule has 4 heteroatoms. The van der Waals surface area contributed by atoms with Crippen molar-refractivity contribution in [3.63, 3.8) is 0 Å². The fourth-order valence-corrected chi connectivity index (χ4v) is 3.00. The van der Waals surface area contributed by atoms with Crippen LogP contribution in [-0.2, 0) is 0 Å². The van der Waals surface area contributed by atoms with Crippen LogP contribution in [0.25, 0.3) is 11.1 Å². The first-order valence-corrected chi connectivity index (χ1v) is 7.50. The van der Waals surface area contributed by atoms with E-state index in [1.165, 1.54) is 0 Å². The molecule has 3 aromatic rings. The standard InChI is InChI=1S/C19H15BO3/c1-22-17-8-5-9-18-19(17)20(21)15-12-14(10-11-16(15)23-18)13-6-3-2-4-7-13/h2-12,21H,1H3. The van der Waals surface area contributed by atoms with E-state index in [1.54, 1.807) is 7.11 Å². The number of hydrogen-bond acceptors (Lipinski definition) is 3. The summed E-state index contributed by atoms with van der Waals surface area (Å²) in [6, 6.07) is 21.5. The molecule has 0 atom stereocenters. The Morgan fingerprint density at radius 2 is 1.70 bits per heavy atom. The van der Waals surface area contributed by atoms with Crippen LogP contribution < -0.4 is 20.4 Å². The van der Waals surface area contributed by atoms with Gasteiger partial charge in [0.05, 0.1) is 7.11 Å². The predicted molar refractivity (Wildman–Crippen MR) is 92.2 cm³/mol. The van der Waals surface area contributed by atoms with Crippen LogP contribution in [0.2, 0.25) is 0 Å². The molecular weight excluding hydrogens is 287 g/mol. The lowest BCUT2D eigenvalue weighted by Crippen LogP contribution is -2.47. The van der Waals surface area contributed by atoms with Gasteiger partial charge in [-0.05, 0) is 34.8 Å². The molecule has 3 nitrogen and oxygen atoms in total. The summed E-state index contributed by atoms with van der Waals surface area (Å²) in [5.41, 5.74) is 3.58. The molecule has 0 saturated heterocycles. The molecule has 0 aromatic heterocycles. The zero-order chi connectivity index (χ0) is 15.8. The van der Waals surface area contributed by atoms with Gasteiger partial charge in [-0.25, -0.2) is 0 Å². The second-order valence-corrected chi connectivity index (χ2v) is 5.50. The van der Waals surface area contributed by atoms with Crippen LogP contribution in [-0.4, -0.2) is 19.0 Å². The lowest BCUT2D eigenvalue weighted by atomic mass is 9.53. The Labute approximate surface area is 135 Å². The molecule has 0 spiro atoms. The normalized spacial score (nSPS) is 12.2. The summed E-state index contributed by atoms with van der Waals surface area (Å²) in [6.07, 6.45) is 0. The molecule has 0 aliphatic carbocycles. The minimum absolute atomic E-state index is 0.630. The second-order valence-electron chi connectivity index (χ2n) is 5.50. The fourth-order valence-electron chi connectivity index (χ4n) is 3.00. The third-order valence-corrected chi connectivity index (χ3v) is 4.15. The Bertz CT molecular complexity index is 862. The third kappa shape index (κ3) is 2.28. The van der Waals surface area contributed by atoms with Gasteiger partial charge in [0.15, 0.2) is 0 Å². The van der Waals surface area contributed by atoms with Gasteiger partial charge in [-0.3, -0.25) is 0 Å². The van der Waals surface area contributed by atoms with Crippen LogP contribution in [0.15, 0.2) is 66.7 Å². The minimum atomic E-state index is -0.770. The third-order valence-electron chi connectivity index (χ3n) is 4.15. The van der Waals surface area contributed by atoms with Crippen LogP contribution >= 0.6 is 0 Å². The summed E-state index contributed by atoms with van der Waals surface area (Å²) in [5.74, 6) is 1.94. The predicted octanol–water partition coefficient (Wildman–Crippen LogP) is 2.57. The zero-order valence-electron chi connectivity index (χ0n) is 12.7. The van der Waals surface area contributed by atoms with E-state index < -0.39 is 6.92 Å². The summed E-state index contributed by atoms with van der Waals surface area (Å²) in [7, 11) is 1.60. The lowest BCUT2D eigenvalue weighted by Gasteiger charge is -2.24. The van der Waals surface area contributed by atoms with E-state index in [2.05, 4.69) is 0 Å². The summed E-state index contributed by atoms with van der Waals surface area (Å²) in [4.78, 5) is 0. The van der Waals surface area contributed by atoms with Crippen LogP contribution in [0.4, 0.5) is 0 Å². The highest BCUT2D eigenvalue weighted by molar-refractivity contribution is 6.81. The molecular formula is C19H15BO3. The maximum atomic E-state index is 10.8. The topological polar surface area (TPSA) is 38.7 Å². The summed E-state index contributed by atoms with van der Waals surface area (Å²) in [5, 5.41) is 10.8. The highest BCUT2D eigenvalue weighted by Gasteiger charge is 2.33. The van der Waals surface area contributed by atoms with Gasteiger partial charge in [-0.2, -0.15) is 0 Å². The molecule has 23 heavy (non-hydrogen) atoms. The van der Waals surface area contributed by atoms with E-state index in [0.29, 0.717) is 22.7 Å². The Kier molecular flexibility index (Phi) is 3.32. The van der Waals surface area contributed by atoms with Gasteiger partial charge in [0.25, 0.3) is 0 Å². The first-order chi connectivity index (χ1) is 11.3. The molecule has 0 saturated carbocycles. The smallest absolute Gasteiger partial charge is 0.370 e. The molecule has 0 bridgehead atoms. The van der Waals surface area contributed by atoms with E-state index in [1.807, 2.05) is 66.7 Å². The molecule has 4 rings (SSSR count). The van der Waals surface area contributed by atoms with Crippen molar-refractivity contribution in [2.24, 2.45) is 0 Å². The number of benzene rings is 3. The molecule has 0 radical (unpaired) electrons. The average Bonchev–Trinajstić information content (AvgIpc) is 2.62. The molecule has 112 valence electrons. The van der Waals surface area contributed by atoms with Crippen molar-refractivity contribution in [2.45, 2.75) is 0 Å². The van der Waals surface area contributed by atoms with Crippen molar-refractivity contribution in [1.29, 1.82) is 0 Å². The van der Waals surface area contributed by atoms with E-state index >= 15 is 0 Å². The lowest BCUT2D eigenvalue weighted by molar-refractivity contribution is 0.411. The van der Waals surface area contributed by atoms with Gasteiger partial charge in [-0.1, -0.05) is 48.5 Å². The summed E-state index contributed by atoms with van der Waals surface area (Å²) in [6.45, 7) is -0.770. The van der Waals surface area contributed by atoms with Crippen molar-refractivity contribution in [2.75, 3.05) is 7.11 Å². The number of ether oxygens (including phenoxy) is 2. The number of rotatable bonds is 2. The Morgan fingerprint density at radius 1 is 0.870 bits per heavy atom. The molecule has 0 unspecified atom stereocenters. The molecule has 0 amide bonds. The van der Waals surface area contributed by atoms with E-state index in [9.17, 15) is 5.02 Å². The van der Waals surface area contributed by atoms with Crippen molar-refractivity contribution in [3.8, 4) is 28.4 Å². The highest BCUT2D eigenvalue weighted by Crippen LogP contribution is 2.29. The van der Waals surface area contributed by atoms with E-state index in [-0.39, 0.29) is 0 Å². The molecule has 1 aliphatic heterocycles. The SMILES string of the molecule is COc1cccc2c1B(O)c1cc(-c3ccccc3)ccc1O2. The minimum Gasteiger partial charge on any atom is -0.497 e. The van der Waals surface area contributed by atoms with Gasteiger partial charge >= 0.3 is 6.92 Å². The zero-order valence-corrected chi connectivity index (χ0v) is 12.7. The van der Waals surface area contributed by atoms with Crippen molar-refractivity contribution < 1.29 is 14.5 Å². The van der Waals surface area contributed by atoms with Gasteiger partial charge < -0.3 is 14.5 Å². The first-order valence-electron chi connectivity index (χ1n) is 7.50. The van der Waals surface area contributed by atoms with Gasteiger partial charge in [-0.15, -0.1) is 0 Å². The molecule has 1 heterocycles. The maximum Gasteiger partial charge on any atom is 0.370 e. The summed E-state index contributed by atoms with van der Waals surface area (Å²) >= 11 is 0. The molecule has 0 fully saturated rings. The fraction of sp³-hybridized carbons (Fsp3) is 0.0526. The van der Waals surface area contributed by atoms with Crippen molar-refractivity contribution in [1.82, 2.24) is 0 Å². The van der Waals surface area contributed by atoms with Crippen molar-refractivity contribution in [3.05, 3.63) is 66.7 Å². The maximum absolute atomic E-state index is 10.8. The van der Waals surface area contributed by atoms with Crippen LogP contribution in [0, 0.1) is 0 Å². The summed E-state index contributed by atoms with van der Waals surface area (Å²) < 4.78 is 11.3. The molecule has 3 aromatic carbocycles. The van der Waals surface area contributed by atoms with E-state index in [4.69, 9.17) is 9.47 Å². The highest BCUT2D eigenvalue weighted by atomic mass is 16.5. The van der Waals surface area contributed by atoms with Crippen LogP contribution in [0.1, 0.15) is 0 Å². The largest absolute Gasteiger partial charge is 0.497 e. The van der Waals surface area contributed by atoms with Gasteiger partial charge in [0.1, 0.15) is 17.2 Å². The van der Waals surface area contributed by atoms with Crippen LogP contribution in [0.3, 0.4) is 0 Å². The number of methoxy groups -OCH3 is 1. The average molecular weight is 302 g/mol. The Hall–Kier alpha value is -2.72. The molecule has 1 aliphatic rings. The van der Waals surface area contributed by atoms with E-state index in [0.717, 1.165) is 16.6 Å². The quantitative estimate of drug-likeness (QED) is 0.740. The number of hydrogen-bond donors (Lipinski definition) is 1. The number of fused-ring (bicyclic) bond motifs is 2. The van der Waals surface area contributed by atoms with Crippen LogP contribution in [0.5, 0.6) is 17.2 Å².